The smallest absolute Gasteiger partial charge is 0.133 e. The average Bonchev–Trinajstić information content (AvgIpc) is 2.81. The van der Waals surface area contributed by atoms with Crippen molar-refractivity contribution in [3.8, 4) is 5.75 Å². The van der Waals surface area contributed by atoms with E-state index in [2.05, 4.69) is 0 Å². The zero-order chi connectivity index (χ0) is 12.3. The molecule has 0 spiro atoms. The Morgan fingerprint density at radius 1 is 1.12 bits per heavy atom. The maximum atomic E-state index is 10.00. The van der Waals surface area contributed by atoms with Crippen LogP contribution in [-0.4, -0.2) is 10.2 Å². The third-order valence-corrected chi connectivity index (χ3v) is 2.72. The summed E-state index contributed by atoms with van der Waals surface area (Å²) >= 11 is 0. The summed E-state index contributed by atoms with van der Waals surface area (Å²) in [6.45, 7) is 2.01. The number of benzene rings is 1. The van der Waals surface area contributed by atoms with Gasteiger partial charge in [-0.2, -0.15) is 0 Å². The Hall–Kier alpha value is -1.74. The fourth-order valence-corrected chi connectivity index (χ4v) is 1.72. The van der Waals surface area contributed by atoms with Gasteiger partial charge < -0.3 is 14.6 Å². The normalized spacial score (nSPS) is 12.6. The number of furan rings is 1. The highest BCUT2D eigenvalue weighted by Gasteiger charge is 2.12. The highest BCUT2D eigenvalue weighted by molar-refractivity contribution is 5.27. The van der Waals surface area contributed by atoms with Crippen LogP contribution in [0.15, 0.2) is 40.8 Å². The fraction of sp³-hybridized carbons (Fsp3) is 0.286. The van der Waals surface area contributed by atoms with Crippen molar-refractivity contribution >= 4 is 0 Å². The first kappa shape index (κ1) is 11.7. The second-order valence-corrected chi connectivity index (χ2v) is 4.04. The lowest BCUT2D eigenvalue weighted by Gasteiger charge is -2.07. The molecule has 0 aliphatic heterocycles. The van der Waals surface area contributed by atoms with E-state index in [4.69, 9.17) is 9.52 Å². The summed E-state index contributed by atoms with van der Waals surface area (Å²) in [6.07, 6.45) is 0.669. The lowest BCUT2D eigenvalue weighted by molar-refractivity contribution is 0.148. The van der Waals surface area contributed by atoms with Crippen molar-refractivity contribution in [2.24, 2.45) is 0 Å². The molecule has 0 radical (unpaired) electrons. The molecule has 2 rings (SSSR count). The Morgan fingerprint density at radius 2 is 1.82 bits per heavy atom. The molecule has 3 heteroatoms. The van der Waals surface area contributed by atoms with E-state index in [0.29, 0.717) is 12.2 Å². The van der Waals surface area contributed by atoms with Crippen molar-refractivity contribution in [1.82, 2.24) is 0 Å². The van der Waals surface area contributed by atoms with Crippen LogP contribution in [0, 0.1) is 0 Å². The second-order valence-electron chi connectivity index (χ2n) is 4.04. The van der Waals surface area contributed by atoms with Crippen molar-refractivity contribution in [2.75, 3.05) is 0 Å². The summed E-state index contributed by atoms with van der Waals surface area (Å²) in [4.78, 5) is 0. The molecule has 2 N–H and O–H groups in total. The maximum Gasteiger partial charge on any atom is 0.133 e. The highest BCUT2D eigenvalue weighted by atomic mass is 16.4. The predicted octanol–water partition coefficient (Wildman–Crippen LogP) is 2.82. The Bertz CT molecular complexity index is 470. The van der Waals surface area contributed by atoms with Crippen LogP contribution in [-0.2, 0) is 12.8 Å². The van der Waals surface area contributed by atoms with Gasteiger partial charge >= 0.3 is 0 Å². The Balaban J connectivity index is 2.05. The molecule has 1 heterocycles. The van der Waals surface area contributed by atoms with Gasteiger partial charge in [-0.25, -0.2) is 0 Å². The number of aryl methyl sites for hydroxylation is 1. The van der Waals surface area contributed by atoms with Crippen LogP contribution < -0.4 is 0 Å². The summed E-state index contributed by atoms with van der Waals surface area (Å²) < 4.78 is 5.49. The molecule has 0 fully saturated rings. The fourth-order valence-electron chi connectivity index (χ4n) is 1.72. The Labute approximate surface area is 100 Å². The summed E-state index contributed by atoms with van der Waals surface area (Å²) in [5, 5.41) is 19.2. The van der Waals surface area contributed by atoms with Gasteiger partial charge in [-0.1, -0.05) is 19.1 Å². The number of phenols is 1. The van der Waals surface area contributed by atoms with Gasteiger partial charge in [0, 0.05) is 12.8 Å². The van der Waals surface area contributed by atoms with Gasteiger partial charge in [0.15, 0.2) is 0 Å². The zero-order valence-corrected chi connectivity index (χ0v) is 9.76. The quantitative estimate of drug-likeness (QED) is 0.852. The molecule has 90 valence electrons. The summed E-state index contributed by atoms with van der Waals surface area (Å²) in [7, 11) is 0. The molecule has 1 atom stereocenters. The highest BCUT2D eigenvalue weighted by Crippen LogP contribution is 2.22. The Morgan fingerprint density at radius 3 is 2.41 bits per heavy atom. The molecule has 0 saturated heterocycles. The van der Waals surface area contributed by atoms with Crippen molar-refractivity contribution in [3.05, 3.63) is 53.5 Å². The van der Waals surface area contributed by atoms with Crippen LogP contribution in [0.25, 0.3) is 0 Å². The number of rotatable bonds is 4. The van der Waals surface area contributed by atoms with Crippen LogP contribution in [0.3, 0.4) is 0 Å². The summed E-state index contributed by atoms with van der Waals surface area (Å²) in [5.74, 6) is 1.70. The monoisotopic (exact) mass is 232 g/mol. The van der Waals surface area contributed by atoms with Gasteiger partial charge in [-0.3, -0.25) is 0 Å². The molecule has 0 aliphatic rings. The summed E-state index contributed by atoms with van der Waals surface area (Å²) in [6, 6.07) is 10.5. The molecule has 17 heavy (non-hydrogen) atoms. The number of aliphatic hydroxyl groups is 1. The number of hydrogen-bond acceptors (Lipinski definition) is 3. The van der Waals surface area contributed by atoms with Crippen molar-refractivity contribution in [3.63, 3.8) is 0 Å². The maximum absolute atomic E-state index is 10.00. The van der Waals surface area contributed by atoms with Crippen LogP contribution in [0.1, 0.15) is 30.1 Å². The minimum absolute atomic E-state index is 0.231. The molecule has 3 nitrogen and oxygen atoms in total. The first-order chi connectivity index (χ1) is 8.19. The van der Waals surface area contributed by atoms with Crippen molar-refractivity contribution < 1.29 is 14.6 Å². The summed E-state index contributed by atoms with van der Waals surface area (Å²) in [5.41, 5.74) is 0.963. The zero-order valence-electron chi connectivity index (χ0n) is 9.76. The van der Waals surface area contributed by atoms with Gasteiger partial charge in [0.1, 0.15) is 23.4 Å². The third kappa shape index (κ3) is 2.88. The number of aliphatic hydroxyl groups excluding tert-OH is 1. The molecule has 0 saturated carbocycles. The van der Waals surface area contributed by atoms with Gasteiger partial charge in [-0.05, 0) is 29.8 Å². The molecule has 1 aromatic heterocycles. The molecule has 1 aromatic carbocycles. The molecular formula is C14H16O3. The van der Waals surface area contributed by atoms with E-state index in [1.54, 1.807) is 24.3 Å². The first-order valence-electron chi connectivity index (χ1n) is 5.73. The van der Waals surface area contributed by atoms with Gasteiger partial charge in [0.25, 0.3) is 0 Å². The Kier molecular flexibility index (Phi) is 3.49. The number of hydrogen-bond donors (Lipinski definition) is 2. The molecular weight excluding hydrogens is 216 g/mol. The van der Waals surface area contributed by atoms with Crippen molar-refractivity contribution in [1.29, 1.82) is 0 Å². The van der Waals surface area contributed by atoms with E-state index in [1.165, 1.54) is 0 Å². The van der Waals surface area contributed by atoms with E-state index in [-0.39, 0.29) is 5.75 Å². The van der Waals surface area contributed by atoms with Gasteiger partial charge in [0.05, 0.1) is 0 Å². The predicted molar refractivity (Wildman–Crippen MR) is 64.9 cm³/mol. The van der Waals surface area contributed by atoms with E-state index in [9.17, 15) is 5.11 Å². The third-order valence-electron chi connectivity index (χ3n) is 2.72. The van der Waals surface area contributed by atoms with Crippen LogP contribution >= 0.6 is 0 Å². The minimum atomic E-state index is -0.639. The van der Waals surface area contributed by atoms with E-state index in [1.807, 2.05) is 19.1 Å². The lowest BCUT2D eigenvalue weighted by atomic mass is 10.1. The minimum Gasteiger partial charge on any atom is -0.508 e. The molecule has 0 amide bonds. The van der Waals surface area contributed by atoms with Crippen molar-refractivity contribution in [2.45, 2.75) is 25.9 Å². The largest absolute Gasteiger partial charge is 0.508 e. The molecule has 2 aromatic rings. The lowest BCUT2D eigenvalue weighted by Crippen LogP contribution is -2.00. The SMILES string of the molecule is CCc1ccc(C(O)Cc2ccc(O)cc2)o1. The topological polar surface area (TPSA) is 53.6 Å². The van der Waals surface area contributed by atoms with Crippen LogP contribution in [0.5, 0.6) is 5.75 Å². The second kappa shape index (κ2) is 5.06. The standard InChI is InChI=1S/C14H16O3/c1-2-12-7-8-14(17-12)13(16)9-10-3-5-11(15)6-4-10/h3-8,13,15-16H,2,9H2,1H3. The van der Waals surface area contributed by atoms with E-state index < -0.39 is 6.10 Å². The molecule has 0 bridgehead atoms. The first-order valence-corrected chi connectivity index (χ1v) is 5.73. The van der Waals surface area contributed by atoms with Crippen LogP contribution in [0.4, 0.5) is 0 Å². The average molecular weight is 232 g/mol. The van der Waals surface area contributed by atoms with Gasteiger partial charge in [0.2, 0.25) is 0 Å². The molecule has 1 unspecified atom stereocenters. The van der Waals surface area contributed by atoms with Gasteiger partial charge in [-0.15, -0.1) is 0 Å². The molecule has 0 aliphatic carbocycles. The van der Waals surface area contributed by atoms with E-state index in [0.717, 1.165) is 17.7 Å². The number of phenolic OH excluding ortho intramolecular Hbond substituents is 1. The number of aromatic hydroxyl groups is 1. The van der Waals surface area contributed by atoms with E-state index >= 15 is 0 Å². The van der Waals surface area contributed by atoms with Crippen LogP contribution in [0.2, 0.25) is 0 Å².